The van der Waals surface area contributed by atoms with Gasteiger partial charge in [-0.3, -0.25) is 14.4 Å². The Labute approximate surface area is 228 Å². The van der Waals surface area contributed by atoms with Crippen LogP contribution in [0.5, 0.6) is 0 Å². The molecule has 0 radical (unpaired) electrons. The number of amides is 2. The van der Waals surface area contributed by atoms with Crippen molar-refractivity contribution in [1.29, 1.82) is 0 Å². The number of primary amides is 1. The molecule has 0 bridgehead atoms. The maximum Gasteiger partial charge on any atom is 0.249 e. The van der Waals surface area contributed by atoms with E-state index in [0.29, 0.717) is 17.0 Å². The molecule has 5 fully saturated rings. The number of carbonyl (C=O) groups excluding carboxylic acids is 3. The number of piperidine rings is 1. The first kappa shape index (κ1) is 26.3. The molecule has 2 aliphatic carbocycles. The molecule has 4 atom stereocenters. The minimum Gasteiger partial charge on any atom is -0.367 e. The van der Waals surface area contributed by atoms with E-state index in [2.05, 4.69) is 21.0 Å². The van der Waals surface area contributed by atoms with E-state index in [9.17, 15) is 14.4 Å². The van der Waals surface area contributed by atoms with E-state index in [1.165, 1.54) is 19.3 Å². The van der Waals surface area contributed by atoms with Gasteiger partial charge in [-0.25, -0.2) is 0 Å². The van der Waals surface area contributed by atoms with Gasteiger partial charge in [0.2, 0.25) is 11.8 Å². The van der Waals surface area contributed by atoms with Crippen LogP contribution in [-0.2, 0) is 14.3 Å². The number of likely N-dealkylation sites (tertiary alicyclic amines) is 2. The topological polar surface area (TPSA) is 142 Å². The van der Waals surface area contributed by atoms with Crippen LogP contribution in [0.15, 0.2) is 23.3 Å². The number of ether oxygens (including phenoxy) is 1. The Balaban J connectivity index is 1.33. The van der Waals surface area contributed by atoms with Crippen molar-refractivity contribution in [2.45, 2.75) is 93.9 Å². The molecule has 2 N–H and O–H groups in total. The maximum atomic E-state index is 14.4. The van der Waals surface area contributed by atoms with E-state index in [-0.39, 0.29) is 30.8 Å². The van der Waals surface area contributed by atoms with Crippen LogP contribution >= 0.6 is 0 Å². The predicted molar refractivity (Wildman–Crippen MR) is 144 cm³/mol. The summed E-state index contributed by atoms with van der Waals surface area (Å²) in [5.41, 5.74) is 17.2. The van der Waals surface area contributed by atoms with Gasteiger partial charge in [0, 0.05) is 23.1 Å². The molecule has 2 saturated carbocycles. The van der Waals surface area contributed by atoms with Gasteiger partial charge in [-0.05, 0) is 86.2 Å². The largest absolute Gasteiger partial charge is 0.367 e. The fraction of sp³-hybridized carbons (Fsp3) is 0.690. The number of fused-ring (bicyclic) bond motifs is 1. The summed E-state index contributed by atoms with van der Waals surface area (Å²) in [5.74, 6) is -1.05. The number of hydrogen-bond acceptors (Lipinski definition) is 6. The molecule has 208 valence electrons. The summed E-state index contributed by atoms with van der Waals surface area (Å²) in [6.45, 7) is 2.20. The Kier molecular flexibility index (Phi) is 7.35. The molecule has 1 aromatic rings. The van der Waals surface area contributed by atoms with Gasteiger partial charge in [-0.15, -0.1) is 0 Å². The molecular weight excluding hydrogens is 496 g/mol. The summed E-state index contributed by atoms with van der Waals surface area (Å²) in [4.78, 5) is 47.0. The van der Waals surface area contributed by atoms with Gasteiger partial charge < -0.3 is 20.3 Å². The smallest absolute Gasteiger partial charge is 0.249 e. The number of nitrogens with two attached hydrogens (primary N) is 1. The Bertz CT molecular complexity index is 1180. The minimum atomic E-state index is -0.757. The van der Waals surface area contributed by atoms with Crippen molar-refractivity contribution < 1.29 is 19.1 Å². The summed E-state index contributed by atoms with van der Waals surface area (Å²) in [6.07, 6.45) is 9.25. The van der Waals surface area contributed by atoms with E-state index in [0.717, 1.165) is 63.2 Å². The maximum absolute atomic E-state index is 14.4. The van der Waals surface area contributed by atoms with Gasteiger partial charge in [0.05, 0.1) is 18.1 Å². The third-order valence-electron chi connectivity index (χ3n) is 10.0. The zero-order valence-corrected chi connectivity index (χ0v) is 22.4. The van der Waals surface area contributed by atoms with E-state index < -0.39 is 30.0 Å². The molecule has 3 aliphatic heterocycles. The fourth-order valence-corrected chi connectivity index (χ4v) is 7.75. The molecule has 3 heterocycles. The predicted octanol–water partition coefficient (Wildman–Crippen LogP) is 3.65. The number of ketones is 1. The summed E-state index contributed by atoms with van der Waals surface area (Å²) >= 11 is 0. The first-order valence-corrected chi connectivity index (χ1v) is 14.6. The summed E-state index contributed by atoms with van der Waals surface area (Å²) in [5, 5.41) is 3.84. The third kappa shape index (κ3) is 4.83. The third-order valence-corrected chi connectivity index (χ3v) is 10.0. The van der Waals surface area contributed by atoms with Crippen molar-refractivity contribution in [1.82, 2.24) is 9.80 Å². The van der Waals surface area contributed by atoms with E-state index in [4.69, 9.17) is 16.0 Å². The molecule has 0 aromatic heterocycles. The fourth-order valence-electron chi connectivity index (χ4n) is 7.75. The van der Waals surface area contributed by atoms with Crippen molar-refractivity contribution in [3.8, 4) is 0 Å². The van der Waals surface area contributed by atoms with Crippen LogP contribution in [0, 0.1) is 5.92 Å². The van der Waals surface area contributed by atoms with Crippen LogP contribution < -0.4 is 5.73 Å². The highest BCUT2D eigenvalue weighted by Crippen LogP contribution is 2.43. The molecule has 39 heavy (non-hydrogen) atoms. The van der Waals surface area contributed by atoms with Crippen LogP contribution in [0.1, 0.15) is 91.1 Å². The number of benzene rings is 1. The Hall–Kier alpha value is -2.94. The number of hydrogen-bond donors (Lipinski definition) is 1. The number of nitrogens with zero attached hydrogens (tertiary/aromatic N) is 5. The molecule has 10 nitrogen and oxygen atoms in total. The normalized spacial score (nSPS) is 29.2. The highest BCUT2D eigenvalue weighted by molar-refractivity contribution is 5.99. The van der Waals surface area contributed by atoms with Crippen LogP contribution in [0.4, 0.5) is 0 Å². The van der Waals surface area contributed by atoms with Crippen molar-refractivity contribution in [3.63, 3.8) is 0 Å². The molecule has 1 aromatic carbocycles. The van der Waals surface area contributed by atoms with Crippen LogP contribution in [0.3, 0.4) is 0 Å². The molecule has 5 aliphatic rings. The monoisotopic (exact) mass is 534 g/mol. The van der Waals surface area contributed by atoms with E-state index >= 15 is 0 Å². The SMILES string of the molecule is [N-]=[N+]=N[C@@H]1CN(C(=O)[C@H](c2cc(C3CCN(C4CCC4)CC3)ccc2C(N)=O)C2CCCC2)[C@@H]2C(=O)CO[C@@H]21. The second kappa shape index (κ2) is 10.9. The summed E-state index contributed by atoms with van der Waals surface area (Å²) in [7, 11) is 0. The highest BCUT2D eigenvalue weighted by atomic mass is 16.5. The summed E-state index contributed by atoms with van der Waals surface area (Å²) in [6, 6.07) is 5.26. The average Bonchev–Trinajstić information content (AvgIpc) is 3.64. The second-order valence-electron chi connectivity index (χ2n) is 12.1. The number of carbonyl (C=O) groups is 3. The lowest BCUT2D eigenvalue weighted by atomic mass is 9.78. The minimum absolute atomic E-state index is 0.0562. The number of Topliss-reactive ketones (excluding diaryl/α,β-unsaturated/α-hetero) is 1. The Morgan fingerprint density at radius 3 is 2.46 bits per heavy atom. The molecular formula is C29H38N6O4. The Morgan fingerprint density at radius 1 is 1.08 bits per heavy atom. The molecule has 0 spiro atoms. The zero-order valence-electron chi connectivity index (χ0n) is 22.4. The number of rotatable bonds is 7. The average molecular weight is 535 g/mol. The van der Waals surface area contributed by atoms with Gasteiger partial charge in [-0.2, -0.15) is 0 Å². The van der Waals surface area contributed by atoms with Crippen LogP contribution in [0.2, 0.25) is 0 Å². The molecule has 6 rings (SSSR count). The van der Waals surface area contributed by atoms with Crippen LogP contribution in [-0.4, -0.2) is 77.9 Å². The van der Waals surface area contributed by atoms with Crippen molar-refractivity contribution in [2.75, 3.05) is 26.2 Å². The van der Waals surface area contributed by atoms with Gasteiger partial charge in [-0.1, -0.05) is 36.5 Å². The molecule has 2 amide bonds. The van der Waals surface area contributed by atoms with Gasteiger partial charge in [0.25, 0.3) is 0 Å². The first-order chi connectivity index (χ1) is 19.0. The lowest BCUT2D eigenvalue weighted by Gasteiger charge is -2.42. The van der Waals surface area contributed by atoms with Crippen molar-refractivity contribution in [3.05, 3.63) is 45.3 Å². The summed E-state index contributed by atoms with van der Waals surface area (Å²) < 4.78 is 5.66. The van der Waals surface area contributed by atoms with E-state index in [1.54, 1.807) is 11.0 Å². The number of azide groups is 1. The van der Waals surface area contributed by atoms with Gasteiger partial charge >= 0.3 is 0 Å². The van der Waals surface area contributed by atoms with Crippen LogP contribution in [0.25, 0.3) is 10.4 Å². The second-order valence-corrected chi connectivity index (χ2v) is 12.1. The molecule has 3 saturated heterocycles. The first-order valence-electron chi connectivity index (χ1n) is 14.6. The molecule has 10 heteroatoms. The van der Waals surface area contributed by atoms with Gasteiger partial charge in [0.15, 0.2) is 5.78 Å². The molecule has 0 unspecified atom stereocenters. The van der Waals surface area contributed by atoms with Crippen molar-refractivity contribution in [2.24, 2.45) is 16.8 Å². The zero-order chi connectivity index (χ0) is 27.1. The Morgan fingerprint density at radius 2 is 1.82 bits per heavy atom. The van der Waals surface area contributed by atoms with E-state index in [1.807, 2.05) is 6.07 Å². The quantitative estimate of drug-likeness (QED) is 0.323. The lowest BCUT2D eigenvalue weighted by molar-refractivity contribution is -0.138. The highest BCUT2D eigenvalue weighted by Gasteiger charge is 2.53. The van der Waals surface area contributed by atoms with Crippen molar-refractivity contribution >= 4 is 17.6 Å². The van der Waals surface area contributed by atoms with Gasteiger partial charge in [0.1, 0.15) is 12.6 Å². The standard InChI is InChI=1S/C29H38N6O4/c30-28(37)21-9-8-19(17-10-12-34(13-11-17)20-6-3-7-20)14-22(21)25(18-4-1-2-5-18)29(38)35-15-23(32-33-31)27-26(35)24(36)16-39-27/h8-9,14,17-18,20,23,25-27H,1-7,10-13,15-16H2,(H2,30,37)/t23-,25+,26-,27-/m1/s1. The lowest BCUT2D eigenvalue weighted by Crippen LogP contribution is -2.45.